The van der Waals surface area contributed by atoms with Crippen molar-refractivity contribution in [1.29, 1.82) is 0 Å². The molecule has 0 saturated carbocycles. The van der Waals surface area contributed by atoms with Crippen LogP contribution in [0.15, 0.2) is 24.3 Å². The largest absolute Gasteiger partial charge is 0.494 e. The summed E-state index contributed by atoms with van der Waals surface area (Å²) in [7, 11) is 2.17. The molecule has 1 N–H and O–H groups in total. The third kappa shape index (κ3) is 4.43. The van der Waals surface area contributed by atoms with Crippen molar-refractivity contribution >= 4 is 0 Å². The van der Waals surface area contributed by atoms with Crippen molar-refractivity contribution in [3.63, 3.8) is 0 Å². The molecule has 0 aromatic heterocycles. The molecular weight excluding hydrogens is 264 g/mol. The number of ether oxygens (including phenoxy) is 2. The molecule has 2 rings (SSSR count). The third-order valence-electron chi connectivity index (χ3n) is 3.87. The van der Waals surface area contributed by atoms with E-state index < -0.39 is 0 Å². The predicted molar refractivity (Wildman–Crippen MR) is 85.9 cm³/mol. The van der Waals surface area contributed by atoms with Crippen LogP contribution < -0.4 is 10.1 Å². The molecular formula is C17H28N2O2. The SMILES string of the molecule is CCCOc1cccc(C2C(CNCC)OCCN2C)c1. The fourth-order valence-electron chi connectivity index (χ4n) is 2.80. The zero-order valence-electron chi connectivity index (χ0n) is 13.5. The van der Waals surface area contributed by atoms with E-state index in [0.29, 0.717) is 0 Å². The second-order valence-electron chi connectivity index (χ2n) is 5.56. The smallest absolute Gasteiger partial charge is 0.119 e. The molecule has 0 radical (unpaired) electrons. The van der Waals surface area contributed by atoms with Crippen LogP contribution in [0.2, 0.25) is 0 Å². The predicted octanol–water partition coefficient (Wildman–Crippen LogP) is 2.46. The van der Waals surface area contributed by atoms with Gasteiger partial charge < -0.3 is 14.8 Å². The first-order chi connectivity index (χ1) is 10.3. The number of hydrogen-bond acceptors (Lipinski definition) is 4. The summed E-state index contributed by atoms with van der Waals surface area (Å²) in [5.41, 5.74) is 1.27. The number of nitrogens with zero attached hydrogens (tertiary/aromatic N) is 1. The molecule has 1 saturated heterocycles. The van der Waals surface area contributed by atoms with E-state index in [1.165, 1.54) is 5.56 Å². The maximum absolute atomic E-state index is 5.99. The number of hydrogen-bond donors (Lipinski definition) is 1. The Kier molecular flexibility index (Phi) is 6.49. The average molecular weight is 292 g/mol. The molecule has 1 fully saturated rings. The van der Waals surface area contributed by atoms with Gasteiger partial charge in [-0.25, -0.2) is 0 Å². The molecule has 1 aromatic carbocycles. The van der Waals surface area contributed by atoms with Crippen LogP contribution in [-0.2, 0) is 4.74 Å². The first kappa shape index (κ1) is 16.3. The molecule has 0 aliphatic carbocycles. The Bertz CT molecular complexity index is 425. The van der Waals surface area contributed by atoms with Crippen LogP contribution in [-0.4, -0.2) is 50.9 Å². The number of likely N-dealkylation sites (N-methyl/N-ethyl adjacent to an activating group) is 2. The van der Waals surface area contributed by atoms with E-state index in [1.807, 2.05) is 6.07 Å². The average Bonchev–Trinajstić information content (AvgIpc) is 2.51. The van der Waals surface area contributed by atoms with Gasteiger partial charge in [-0.2, -0.15) is 0 Å². The third-order valence-corrected chi connectivity index (χ3v) is 3.87. The maximum Gasteiger partial charge on any atom is 0.119 e. The van der Waals surface area contributed by atoms with E-state index in [2.05, 4.69) is 49.3 Å². The lowest BCUT2D eigenvalue weighted by Crippen LogP contribution is -2.47. The van der Waals surface area contributed by atoms with E-state index in [-0.39, 0.29) is 12.1 Å². The van der Waals surface area contributed by atoms with Crippen LogP contribution in [0.25, 0.3) is 0 Å². The standard InChI is InChI=1S/C17H28N2O2/c1-4-10-20-15-8-6-7-14(12-15)17-16(13-18-5-2)21-11-9-19(17)3/h6-8,12,16-18H,4-5,9-11,13H2,1-3H3. The summed E-state index contributed by atoms with van der Waals surface area (Å²) < 4.78 is 11.8. The summed E-state index contributed by atoms with van der Waals surface area (Å²) in [6.07, 6.45) is 1.21. The number of benzene rings is 1. The highest BCUT2D eigenvalue weighted by Gasteiger charge is 2.31. The van der Waals surface area contributed by atoms with Gasteiger partial charge in [0.1, 0.15) is 5.75 Å². The van der Waals surface area contributed by atoms with Gasteiger partial charge in [0, 0.05) is 13.1 Å². The van der Waals surface area contributed by atoms with Crippen LogP contribution in [0.5, 0.6) is 5.75 Å². The Balaban J connectivity index is 2.14. The zero-order valence-corrected chi connectivity index (χ0v) is 13.5. The number of morpholine rings is 1. The van der Waals surface area contributed by atoms with Crippen LogP contribution in [0.3, 0.4) is 0 Å². The van der Waals surface area contributed by atoms with Crippen molar-refractivity contribution in [3.8, 4) is 5.75 Å². The Morgan fingerprint density at radius 1 is 1.38 bits per heavy atom. The van der Waals surface area contributed by atoms with E-state index >= 15 is 0 Å². The summed E-state index contributed by atoms with van der Waals surface area (Å²) in [5, 5.41) is 3.40. The molecule has 1 aliphatic heterocycles. The fraction of sp³-hybridized carbons (Fsp3) is 0.647. The van der Waals surface area contributed by atoms with Crippen molar-refractivity contribution in [2.24, 2.45) is 0 Å². The maximum atomic E-state index is 5.99. The zero-order chi connectivity index (χ0) is 15.1. The highest BCUT2D eigenvalue weighted by atomic mass is 16.5. The Morgan fingerprint density at radius 3 is 3.00 bits per heavy atom. The molecule has 118 valence electrons. The first-order valence-electron chi connectivity index (χ1n) is 8.01. The molecule has 1 aromatic rings. The van der Waals surface area contributed by atoms with Crippen molar-refractivity contribution < 1.29 is 9.47 Å². The highest BCUT2D eigenvalue weighted by Crippen LogP contribution is 2.30. The van der Waals surface area contributed by atoms with Crippen molar-refractivity contribution in [3.05, 3.63) is 29.8 Å². The first-order valence-corrected chi connectivity index (χ1v) is 8.01. The lowest BCUT2D eigenvalue weighted by molar-refractivity contribution is -0.0612. The molecule has 0 amide bonds. The minimum absolute atomic E-state index is 0.185. The van der Waals surface area contributed by atoms with Gasteiger partial charge in [0.05, 0.1) is 25.4 Å². The Morgan fingerprint density at radius 2 is 2.24 bits per heavy atom. The van der Waals surface area contributed by atoms with Crippen molar-refractivity contribution in [2.45, 2.75) is 32.4 Å². The topological polar surface area (TPSA) is 33.7 Å². The number of nitrogens with one attached hydrogen (secondary N) is 1. The summed E-state index contributed by atoms with van der Waals surface area (Å²) in [6.45, 7) is 8.63. The van der Waals surface area contributed by atoms with Crippen molar-refractivity contribution in [2.75, 3.05) is 39.9 Å². The molecule has 2 atom stereocenters. The second kappa shape index (κ2) is 8.37. The lowest BCUT2D eigenvalue weighted by Gasteiger charge is -2.39. The van der Waals surface area contributed by atoms with Gasteiger partial charge in [0.15, 0.2) is 0 Å². The summed E-state index contributed by atoms with van der Waals surface area (Å²) in [5.74, 6) is 0.954. The van der Waals surface area contributed by atoms with Gasteiger partial charge >= 0.3 is 0 Å². The molecule has 2 unspecified atom stereocenters. The number of rotatable bonds is 7. The molecule has 4 heteroatoms. The summed E-state index contributed by atoms with van der Waals surface area (Å²) in [6, 6.07) is 8.72. The monoisotopic (exact) mass is 292 g/mol. The molecule has 4 nitrogen and oxygen atoms in total. The summed E-state index contributed by atoms with van der Waals surface area (Å²) in [4.78, 5) is 2.38. The lowest BCUT2D eigenvalue weighted by atomic mass is 9.98. The second-order valence-corrected chi connectivity index (χ2v) is 5.56. The quantitative estimate of drug-likeness (QED) is 0.837. The van der Waals surface area contributed by atoms with Gasteiger partial charge in [-0.3, -0.25) is 4.90 Å². The summed E-state index contributed by atoms with van der Waals surface area (Å²) >= 11 is 0. The molecule has 0 spiro atoms. The van der Waals surface area contributed by atoms with Crippen LogP contribution in [0.4, 0.5) is 0 Å². The van der Waals surface area contributed by atoms with Gasteiger partial charge in [0.25, 0.3) is 0 Å². The van der Waals surface area contributed by atoms with Crippen LogP contribution in [0.1, 0.15) is 31.9 Å². The fourth-order valence-corrected chi connectivity index (χ4v) is 2.80. The van der Waals surface area contributed by atoms with E-state index in [0.717, 1.165) is 45.0 Å². The Hall–Kier alpha value is -1.10. The minimum Gasteiger partial charge on any atom is -0.494 e. The van der Waals surface area contributed by atoms with E-state index in [4.69, 9.17) is 9.47 Å². The molecule has 21 heavy (non-hydrogen) atoms. The minimum atomic E-state index is 0.185. The van der Waals surface area contributed by atoms with E-state index in [9.17, 15) is 0 Å². The van der Waals surface area contributed by atoms with Gasteiger partial charge in [-0.1, -0.05) is 26.0 Å². The van der Waals surface area contributed by atoms with Gasteiger partial charge in [-0.05, 0) is 37.7 Å². The normalized spacial score (nSPS) is 23.2. The van der Waals surface area contributed by atoms with Crippen LogP contribution in [0, 0.1) is 0 Å². The molecule has 0 bridgehead atoms. The van der Waals surface area contributed by atoms with Gasteiger partial charge in [0.2, 0.25) is 0 Å². The van der Waals surface area contributed by atoms with Crippen LogP contribution >= 0.6 is 0 Å². The molecule has 1 heterocycles. The van der Waals surface area contributed by atoms with E-state index in [1.54, 1.807) is 0 Å². The van der Waals surface area contributed by atoms with Crippen molar-refractivity contribution in [1.82, 2.24) is 10.2 Å². The Labute approximate surface area is 128 Å². The molecule has 1 aliphatic rings. The highest BCUT2D eigenvalue weighted by molar-refractivity contribution is 5.31. The van der Waals surface area contributed by atoms with Gasteiger partial charge in [-0.15, -0.1) is 0 Å².